The molecule has 0 aromatic carbocycles. The van der Waals surface area contributed by atoms with E-state index in [2.05, 4.69) is 24.6 Å². The van der Waals surface area contributed by atoms with E-state index in [-0.39, 0.29) is 0 Å². The highest BCUT2D eigenvalue weighted by molar-refractivity contribution is 6.76. The molecule has 0 aliphatic carbocycles. The highest BCUT2D eigenvalue weighted by atomic mass is 35.5. The van der Waals surface area contributed by atoms with Crippen LogP contribution in [0.4, 0.5) is 0 Å². The van der Waals surface area contributed by atoms with E-state index in [0.29, 0.717) is 23.7 Å². The third-order valence-corrected chi connectivity index (χ3v) is 5.85. The molecule has 1 N–H and O–H groups in total. The Morgan fingerprint density at radius 2 is 2.14 bits per heavy atom. The SMILES string of the molecule is CCC(O)c1cnc2c(ccn2COCC[Si](C)(C)C)c1Cl. The maximum Gasteiger partial charge on any atom is 0.143 e. The molecule has 0 fully saturated rings. The van der Waals surface area contributed by atoms with Crippen LogP contribution in [0.1, 0.15) is 25.0 Å². The Morgan fingerprint density at radius 1 is 1.41 bits per heavy atom. The third-order valence-electron chi connectivity index (χ3n) is 3.72. The minimum atomic E-state index is -1.07. The van der Waals surface area contributed by atoms with Gasteiger partial charge in [0.25, 0.3) is 0 Å². The first-order chi connectivity index (χ1) is 10.3. The molecule has 0 bridgehead atoms. The van der Waals surface area contributed by atoms with E-state index in [1.54, 1.807) is 6.20 Å². The molecule has 6 heteroatoms. The summed E-state index contributed by atoms with van der Waals surface area (Å²) in [6.45, 7) is 10.2. The predicted molar refractivity (Wildman–Crippen MR) is 94.1 cm³/mol. The van der Waals surface area contributed by atoms with Gasteiger partial charge >= 0.3 is 0 Å². The van der Waals surface area contributed by atoms with Crippen LogP contribution < -0.4 is 0 Å². The molecule has 122 valence electrons. The number of aliphatic hydroxyl groups excluding tert-OH is 1. The van der Waals surface area contributed by atoms with Gasteiger partial charge in [-0.15, -0.1) is 0 Å². The number of hydrogen-bond donors (Lipinski definition) is 1. The van der Waals surface area contributed by atoms with E-state index in [4.69, 9.17) is 16.3 Å². The summed E-state index contributed by atoms with van der Waals surface area (Å²) in [5, 5.41) is 11.4. The predicted octanol–water partition coefficient (Wildman–Crippen LogP) is 4.45. The number of pyridine rings is 1. The Hall–Kier alpha value is -0.883. The molecular weight excluding hydrogens is 316 g/mol. The second kappa shape index (κ2) is 7.13. The number of rotatable bonds is 7. The molecule has 0 saturated heterocycles. The van der Waals surface area contributed by atoms with Gasteiger partial charge in [-0.3, -0.25) is 0 Å². The Balaban J connectivity index is 2.12. The van der Waals surface area contributed by atoms with Gasteiger partial charge in [-0.2, -0.15) is 0 Å². The van der Waals surface area contributed by atoms with Crippen LogP contribution in [-0.4, -0.2) is 29.3 Å². The maximum absolute atomic E-state index is 9.97. The molecule has 0 spiro atoms. The van der Waals surface area contributed by atoms with Gasteiger partial charge in [-0.1, -0.05) is 38.2 Å². The number of hydrogen-bond acceptors (Lipinski definition) is 3. The summed E-state index contributed by atoms with van der Waals surface area (Å²) >= 11 is 6.40. The third kappa shape index (κ3) is 4.10. The first-order valence-electron chi connectivity index (χ1n) is 7.72. The van der Waals surface area contributed by atoms with Gasteiger partial charge in [0.1, 0.15) is 12.4 Å². The van der Waals surface area contributed by atoms with Gasteiger partial charge in [-0.25, -0.2) is 4.98 Å². The molecule has 2 aromatic rings. The van der Waals surface area contributed by atoms with Crippen molar-refractivity contribution in [3.05, 3.63) is 29.0 Å². The van der Waals surface area contributed by atoms with Crippen molar-refractivity contribution < 1.29 is 9.84 Å². The monoisotopic (exact) mass is 340 g/mol. The van der Waals surface area contributed by atoms with E-state index in [1.807, 2.05) is 23.8 Å². The Labute approximate surface area is 138 Å². The van der Waals surface area contributed by atoms with Gasteiger partial charge in [-0.05, 0) is 18.5 Å². The highest BCUT2D eigenvalue weighted by Gasteiger charge is 2.16. The fraction of sp³-hybridized carbons (Fsp3) is 0.562. The molecule has 22 heavy (non-hydrogen) atoms. The Kier molecular flexibility index (Phi) is 5.66. The van der Waals surface area contributed by atoms with Crippen molar-refractivity contribution >= 4 is 30.7 Å². The molecule has 0 amide bonds. The van der Waals surface area contributed by atoms with Crippen LogP contribution in [0.15, 0.2) is 18.5 Å². The number of fused-ring (bicyclic) bond motifs is 1. The van der Waals surface area contributed by atoms with E-state index < -0.39 is 14.2 Å². The molecule has 1 atom stereocenters. The summed E-state index contributed by atoms with van der Waals surface area (Å²) in [6, 6.07) is 3.08. The van der Waals surface area contributed by atoms with Gasteiger partial charge in [0.2, 0.25) is 0 Å². The highest BCUT2D eigenvalue weighted by Crippen LogP contribution is 2.31. The molecule has 2 aromatic heterocycles. The zero-order valence-electron chi connectivity index (χ0n) is 13.8. The van der Waals surface area contributed by atoms with Crippen molar-refractivity contribution in [3.8, 4) is 0 Å². The normalized spacial score (nSPS) is 13.7. The van der Waals surface area contributed by atoms with Gasteiger partial charge in [0.05, 0.1) is 11.1 Å². The first kappa shape index (κ1) is 17.5. The minimum Gasteiger partial charge on any atom is -0.388 e. The lowest BCUT2D eigenvalue weighted by atomic mass is 10.1. The Morgan fingerprint density at radius 3 is 2.77 bits per heavy atom. The zero-order chi connectivity index (χ0) is 16.3. The molecule has 0 saturated carbocycles. The molecule has 4 nitrogen and oxygen atoms in total. The first-order valence-corrected chi connectivity index (χ1v) is 11.8. The largest absolute Gasteiger partial charge is 0.388 e. The summed E-state index contributed by atoms with van der Waals surface area (Å²) in [4.78, 5) is 4.45. The molecule has 0 aliphatic heterocycles. The number of aromatic nitrogens is 2. The van der Waals surface area contributed by atoms with Crippen molar-refractivity contribution in [3.63, 3.8) is 0 Å². The summed E-state index contributed by atoms with van der Waals surface area (Å²) < 4.78 is 7.72. The average molecular weight is 341 g/mol. The van der Waals surface area contributed by atoms with Crippen LogP contribution in [0.25, 0.3) is 11.0 Å². The minimum absolute atomic E-state index is 0.479. The fourth-order valence-electron chi connectivity index (χ4n) is 2.22. The quantitative estimate of drug-likeness (QED) is 0.598. The van der Waals surface area contributed by atoms with Crippen LogP contribution >= 0.6 is 11.6 Å². The van der Waals surface area contributed by atoms with Crippen molar-refractivity contribution in [1.29, 1.82) is 0 Å². The molecule has 0 aliphatic rings. The summed E-state index contributed by atoms with van der Waals surface area (Å²) in [7, 11) is -1.07. The van der Waals surface area contributed by atoms with Crippen LogP contribution in [0.5, 0.6) is 0 Å². The van der Waals surface area contributed by atoms with Gasteiger partial charge in [0.15, 0.2) is 0 Å². The van der Waals surface area contributed by atoms with E-state index in [0.717, 1.165) is 23.7 Å². The fourth-order valence-corrected chi connectivity index (χ4v) is 3.30. The number of nitrogens with zero attached hydrogens (tertiary/aromatic N) is 2. The van der Waals surface area contributed by atoms with Crippen LogP contribution in [-0.2, 0) is 11.5 Å². The molecule has 2 heterocycles. The topological polar surface area (TPSA) is 47.3 Å². The zero-order valence-corrected chi connectivity index (χ0v) is 15.5. The van der Waals surface area contributed by atoms with Crippen LogP contribution in [0.3, 0.4) is 0 Å². The lowest BCUT2D eigenvalue weighted by Gasteiger charge is -2.16. The smallest absolute Gasteiger partial charge is 0.143 e. The molecular formula is C16H25ClN2O2Si. The van der Waals surface area contributed by atoms with Crippen molar-refractivity contribution in [2.24, 2.45) is 0 Å². The summed E-state index contributed by atoms with van der Waals surface area (Å²) in [6.07, 6.45) is 3.64. The van der Waals surface area contributed by atoms with Crippen molar-refractivity contribution in [2.45, 2.75) is 51.9 Å². The molecule has 2 rings (SSSR count). The second-order valence-corrected chi connectivity index (χ2v) is 12.8. The Bertz CT molecular complexity index is 637. The number of ether oxygens (including phenoxy) is 1. The lowest BCUT2D eigenvalue weighted by molar-refractivity contribution is 0.0899. The standard InChI is InChI=1S/C16H25ClN2O2Si/c1-5-14(20)13-10-18-16-12(15(13)17)6-7-19(16)11-21-8-9-22(2,3)4/h6-7,10,14,20H,5,8-9,11H2,1-4H3. The van der Waals surface area contributed by atoms with Crippen molar-refractivity contribution in [1.82, 2.24) is 9.55 Å². The number of halogens is 1. The van der Waals surface area contributed by atoms with Crippen LogP contribution in [0.2, 0.25) is 30.7 Å². The van der Waals surface area contributed by atoms with E-state index >= 15 is 0 Å². The maximum atomic E-state index is 9.97. The average Bonchev–Trinajstić information content (AvgIpc) is 2.86. The summed E-state index contributed by atoms with van der Waals surface area (Å²) in [5.41, 5.74) is 1.49. The van der Waals surface area contributed by atoms with E-state index in [9.17, 15) is 5.11 Å². The van der Waals surface area contributed by atoms with Gasteiger partial charge in [0, 0.05) is 38.0 Å². The van der Waals surface area contributed by atoms with Crippen molar-refractivity contribution in [2.75, 3.05) is 6.61 Å². The lowest BCUT2D eigenvalue weighted by Crippen LogP contribution is -2.22. The summed E-state index contributed by atoms with van der Waals surface area (Å²) in [5.74, 6) is 0. The molecule has 0 radical (unpaired) electrons. The molecule has 1 unspecified atom stereocenters. The second-order valence-electron chi connectivity index (χ2n) is 6.82. The number of aliphatic hydroxyl groups is 1. The van der Waals surface area contributed by atoms with Crippen LogP contribution in [0, 0.1) is 0 Å². The van der Waals surface area contributed by atoms with Gasteiger partial charge < -0.3 is 14.4 Å². The van der Waals surface area contributed by atoms with E-state index in [1.165, 1.54) is 0 Å².